The molecule has 0 saturated heterocycles. The zero-order chi connectivity index (χ0) is 18.2. The van der Waals surface area contributed by atoms with Crippen LogP contribution in [0.1, 0.15) is 53.4 Å². The van der Waals surface area contributed by atoms with Crippen LogP contribution in [0.4, 0.5) is 0 Å². The van der Waals surface area contributed by atoms with Gasteiger partial charge in [0.15, 0.2) is 0 Å². The van der Waals surface area contributed by atoms with Crippen LogP contribution in [0.25, 0.3) is 0 Å². The number of hydrogen-bond acceptors (Lipinski definition) is 5. The van der Waals surface area contributed by atoms with Crippen LogP contribution in [0.15, 0.2) is 0 Å². The first kappa shape index (κ1) is 21.1. The summed E-state index contributed by atoms with van der Waals surface area (Å²) >= 11 is 0. The van der Waals surface area contributed by atoms with Gasteiger partial charge in [-0.05, 0) is 24.7 Å². The molecule has 132 valence electrons. The molecule has 0 fully saturated rings. The third kappa shape index (κ3) is 8.32. The Kier molecular flexibility index (Phi) is 9.14. The summed E-state index contributed by atoms with van der Waals surface area (Å²) < 4.78 is 4.90. The highest BCUT2D eigenvalue weighted by Gasteiger charge is 2.31. The van der Waals surface area contributed by atoms with Crippen molar-refractivity contribution in [3.8, 4) is 0 Å². The molecule has 0 aliphatic heterocycles. The van der Waals surface area contributed by atoms with Crippen molar-refractivity contribution in [2.75, 3.05) is 0 Å². The van der Waals surface area contributed by atoms with Gasteiger partial charge in [0.25, 0.3) is 0 Å². The molecule has 2 atom stereocenters. The molecule has 0 aromatic carbocycles. The third-order valence-corrected chi connectivity index (χ3v) is 3.75. The van der Waals surface area contributed by atoms with Gasteiger partial charge >= 0.3 is 23.9 Å². The first-order valence-electron chi connectivity index (χ1n) is 7.75. The van der Waals surface area contributed by atoms with E-state index >= 15 is 0 Å². The van der Waals surface area contributed by atoms with Gasteiger partial charge in [-0.3, -0.25) is 19.2 Å². The first-order chi connectivity index (χ1) is 10.6. The summed E-state index contributed by atoms with van der Waals surface area (Å²) in [5.74, 6) is -5.20. The molecule has 0 amide bonds. The third-order valence-electron chi connectivity index (χ3n) is 3.75. The summed E-state index contributed by atoms with van der Waals surface area (Å²) in [6.45, 7) is 7.01. The molecule has 0 aliphatic rings. The van der Waals surface area contributed by atoms with Crippen molar-refractivity contribution in [1.29, 1.82) is 0 Å². The summed E-state index contributed by atoms with van der Waals surface area (Å²) in [6.07, 6.45) is -0.168. The van der Waals surface area contributed by atoms with Crippen molar-refractivity contribution in [1.82, 2.24) is 0 Å². The average molecular weight is 330 g/mol. The quantitative estimate of drug-likeness (QED) is 0.466. The van der Waals surface area contributed by atoms with Crippen LogP contribution < -0.4 is 0 Å². The van der Waals surface area contributed by atoms with Crippen LogP contribution in [0.2, 0.25) is 0 Å². The number of hydrogen-bond donors (Lipinski definition) is 2. The summed E-state index contributed by atoms with van der Waals surface area (Å²) in [4.78, 5) is 45.5. The molecule has 0 saturated carbocycles. The molecule has 0 aromatic rings. The Morgan fingerprint density at radius 1 is 0.739 bits per heavy atom. The van der Waals surface area contributed by atoms with Crippen LogP contribution in [0.5, 0.6) is 0 Å². The highest BCUT2D eigenvalue weighted by molar-refractivity contribution is 5.88. The van der Waals surface area contributed by atoms with E-state index in [0.29, 0.717) is 0 Å². The van der Waals surface area contributed by atoms with Crippen LogP contribution in [-0.2, 0) is 23.9 Å². The molecule has 7 nitrogen and oxygen atoms in total. The summed E-state index contributed by atoms with van der Waals surface area (Å²) in [5.41, 5.74) is 0. The Balaban J connectivity index is 4.81. The van der Waals surface area contributed by atoms with Gasteiger partial charge in [-0.2, -0.15) is 0 Å². The van der Waals surface area contributed by atoms with Crippen molar-refractivity contribution >= 4 is 23.9 Å². The van der Waals surface area contributed by atoms with Gasteiger partial charge in [0.2, 0.25) is 0 Å². The van der Waals surface area contributed by atoms with E-state index in [9.17, 15) is 19.2 Å². The second-order valence-corrected chi connectivity index (χ2v) is 6.31. The Hall–Kier alpha value is -1.92. The molecule has 2 unspecified atom stereocenters. The monoisotopic (exact) mass is 330 g/mol. The fraction of sp³-hybridized carbons (Fsp3) is 0.750. The lowest BCUT2D eigenvalue weighted by Crippen LogP contribution is -2.31. The maximum atomic E-state index is 12.1. The van der Waals surface area contributed by atoms with Gasteiger partial charge < -0.3 is 14.9 Å². The van der Waals surface area contributed by atoms with Gasteiger partial charge in [-0.25, -0.2) is 0 Å². The van der Waals surface area contributed by atoms with Crippen molar-refractivity contribution in [2.45, 2.75) is 53.4 Å². The molecule has 0 heterocycles. The van der Waals surface area contributed by atoms with Crippen molar-refractivity contribution in [3.05, 3.63) is 0 Å². The Morgan fingerprint density at radius 3 is 1.26 bits per heavy atom. The lowest BCUT2D eigenvalue weighted by molar-refractivity contribution is -0.167. The second kappa shape index (κ2) is 9.97. The molecular formula is C16H26O7. The van der Waals surface area contributed by atoms with Gasteiger partial charge in [0.1, 0.15) is 0 Å². The van der Waals surface area contributed by atoms with Crippen molar-refractivity contribution < 1.29 is 34.1 Å². The zero-order valence-corrected chi connectivity index (χ0v) is 14.1. The maximum absolute atomic E-state index is 12.1. The first-order valence-corrected chi connectivity index (χ1v) is 7.75. The number of rotatable bonds is 10. The maximum Gasteiger partial charge on any atom is 0.316 e. The predicted octanol–water partition coefficient (Wildman–Crippen LogP) is 2.33. The van der Waals surface area contributed by atoms with E-state index in [1.165, 1.54) is 0 Å². The van der Waals surface area contributed by atoms with E-state index in [1.807, 2.05) is 0 Å². The number of carboxylic acids is 2. The normalized spacial score (nSPS) is 13.7. The van der Waals surface area contributed by atoms with Crippen molar-refractivity contribution in [3.63, 3.8) is 0 Å². The predicted molar refractivity (Wildman–Crippen MR) is 81.5 cm³/mol. The molecule has 2 N–H and O–H groups in total. The number of ether oxygens (including phenoxy) is 1. The van der Waals surface area contributed by atoms with Crippen LogP contribution in [0, 0.1) is 23.7 Å². The van der Waals surface area contributed by atoms with E-state index < -0.39 is 35.7 Å². The topological polar surface area (TPSA) is 118 Å². The summed E-state index contributed by atoms with van der Waals surface area (Å²) in [7, 11) is 0. The Morgan fingerprint density at radius 2 is 1.04 bits per heavy atom. The molecule has 0 aliphatic carbocycles. The smallest absolute Gasteiger partial charge is 0.316 e. The minimum absolute atomic E-state index is 0.0978. The highest BCUT2D eigenvalue weighted by atomic mass is 16.6. The minimum atomic E-state index is -1.02. The average Bonchev–Trinajstić information content (AvgIpc) is 2.37. The summed E-state index contributed by atoms with van der Waals surface area (Å²) in [5, 5.41) is 17.4. The fourth-order valence-corrected chi connectivity index (χ4v) is 2.26. The second-order valence-electron chi connectivity index (χ2n) is 6.31. The number of carbonyl (C=O) groups is 4. The van der Waals surface area contributed by atoms with Crippen LogP contribution >= 0.6 is 0 Å². The van der Waals surface area contributed by atoms with Gasteiger partial charge in [-0.15, -0.1) is 0 Å². The van der Waals surface area contributed by atoms with Gasteiger partial charge in [0, 0.05) is 12.8 Å². The number of esters is 2. The van der Waals surface area contributed by atoms with Crippen molar-refractivity contribution in [2.24, 2.45) is 23.7 Å². The number of aliphatic carboxylic acids is 2. The number of carbonyl (C=O) groups excluding carboxylic acids is 2. The highest BCUT2D eigenvalue weighted by Crippen LogP contribution is 2.23. The Labute approximate surface area is 136 Å². The minimum Gasteiger partial charge on any atom is -0.481 e. The van der Waals surface area contributed by atoms with Gasteiger partial charge in [-0.1, -0.05) is 27.7 Å². The molecule has 0 spiro atoms. The molecule has 0 bridgehead atoms. The molecular weight excluding hydrogens is 304 g/mol. The standard InChI is InChI=1S/C16H26O7/c1-9(2)11(5-7-13(17)18)15(21)23-16(22)12(10(3)4)6-8-14(19)20/h9-12H,5-8H2,1-4H3,(H,17,18)(H,19,20). The van der Waals surface area contributed by atoms with E-state index in [1.54, 1.807) is 27.7 Å². The van der Waals surface area contributed by atoms with Crippen LogP contribution in [0.3, 0.4) is 0 Å². The lowest BCUT2D eigenvalue weighted by atomic mass is 9.90. The molecule has 0 radical (unpaired) electrons. The number of carboxylic acid groups (broad SMARTS) is 2. The van der Waals surface area contributed by atoms with Crippen LogP contribution in [-0.4, -0.2) is 34.1 Å². The van der Waals surface area contributed by atoms with E-state index in [-0.39, 0.29) is 37.5 Å². The van der Waals surface area contributed by atoms with E-state index in [2.05, 4.69) is 0 Å². The van der Waals surface area contributed by atoms with Gasteiger partial charge in [0.05, 0.1) is 11.8 Å². The zero-order valence-electron chi connectivity index (χ0n) is 14.1. The SMILES string of the molecule is CC(C)C(CCC(=O)O)C(=O)OC(=O)C(CCC(=O)O)C(C)C. The van der Waals surface area contributed by atoms with E-state index in [4.69, 9.17) is 14.9 Å². The Bertz CT molecular complexity index is 400. The summed E-state index contributed by atoms with van der Waals surface area (Å²) in [6, 6.07) is 0. The lowest BCUT2D eigenvalue weighted by Gasteiger charge is -2.21. The largest absolute Gasteiger partial charge is 0.481 e. The van der Waals surface area contributed by atoms with E-state index in [0.717, 1.165) is 0 Å². The molecule has 7 heteroatoms. The molecule has 23 heavy (non-hydrogen) atoms. The fourth-order valence-electron chi connectivity index (χ4n) is 2.26. The molecule has 0 rings (SSSR count). The molecule has 0 aromatic heterocycles.